The van der Waals surface area contributed by atoms with Crippen LogP contribution in [0.5, 0.6) is 5.75 Å². The summed E-state index contributed by atoms with van der Waals surface area (Å²) < 4.78 is 0. The van der Waals surface area contributed by atoms with E-state index in [9.17, 15) is 10.4 Å². The predicted octanol–water partition coefficient (Wildman–Crippen LogP) is 1.03. The first-order chi connectivity index (χ1) is 7.81. The van der Waals surface area contributed by atoms with Crippen molar-refractivity contribution in [3.63, 3.8) is 0 Å². The van der Waals surface area contributed by atoms with E-state index in [0.717, 1.165) is 18.7 Å². The molecule has 1 unspecified atom stereocenters. The number of hydrogen-bond acceptors (Lipinski definition) is 2. The molecule has 16 heavy (non-hydrogen) atoms. The third-order valence-electron chi connectivity index (χ3n) is 3.26. The Kier molecular flexibility index (Phi) is 3.43. The Morgan fingerprint density at radius 2 is 1.75 bits per heavy atom. The maximum Gasteiger partial charge on any atom is 0.200 e. The van der Waals surface area contributed by atoms with Gasteiger partial charge in [0.1, 0.15) is 11.8 Å². The van der Waals surface area contributed by atoms with Gasteiger partial charge in [-0.25, -0.2) is 0 Å². The summed E-state index contributed by atoms with van der Waals surface area (Å²) in [6, 6.07) is 9.32. The van der Waals surface area contributed by atoms with Gasteiger partial charge < -0.3 is 10.0 Å². The molecular formula is C13H17N2O+. The predicted molar refractivity (Wildman–Crippen MR) is 61.0 cm³/mol. The Bertz CT molecular complexity index is 374. The van der Waals surface area contributed by atoms with E-state index in [4.69, 9.17) is 0 Å². The van der Waals surface area contributed by atoms with Crippen molar-refractivity contribution in [3.8, 4) is 11.8 Å². The van der Waals surface area contributed by atoms with Gasteiger partial charge in [-0.1, -0.05) is 0 Å². The number of phenolic OH excluding ortho intramolecular Hbond substituents is 1. The van der Waals surface area contributed by atoms with E-state index < -0.39 is 0 Å². The molecule has 1 heterocycles. The molecule has 0 spiro atoms. The van der Waals surface area contributed by atoms with Crippen LogP contribution in [0, 0.1) is 11.3 Å². The monoisotopic (exact) mass is 217 g/mol. The van der Waals surface area contributed by atoms with Gasteiger partial charge in [0.2, 0.25) is 6.04 Å². The van der Waals surface area contributed by atoms with Crippen LogP contribution in [0.15, 0.2) is 24.3 Å². The highest BCUT2D eigenvalue weighted by molar-refractivity contribution is 5.29. The highest BCUT2D eigenvalue weighted by Crippen LogP contribution is 2.15. The van der Waals surface area contributed by atoms with Crippen molar-refractivity contribution in [1.29, 1.82) is 5.26 Å². The highest BCUT2D eigenvalue weighted by Gasteiger charge is 2.25. The average Bonchev–Trinajstić information content (AvgIpc) is 2.34. The summed E-state index contributed by atoms with van der Waals surface area (Å²) in [5.41, 5.74) is 1.01. The zero-order chi connectivity index (χ0) is 11.4. The van der Waals surface area contributed by atoms with E-state index in [2.05, 4.69) is 6.07 Å². The van der Waals surface area contributed by atoms with Gasteiger partial charge in [0.15, 0.2) is 0 Å². The number of benzene rings is 1. The molecular weight excluding hydrogens is 200 g/mol. The average molecular weight is 217 g/mol. The number of aromatic hydroxyl groups is 1. The molecule has 1 atom stereocenters. The lowest BCUT2D eigenvalue weighted by Gasteiger charge is -2.27. The fourth-order valence-corrected chi connectivity index (χ4v) is 2.36. The zero-order valence-corrected chi connectivity index (χ0v) is 9.32. The largest absolute Gasteiger partial charge is 0.508 e. The van der Waals surface area contributed by atoms with Crippen LogP contribution in [0.2, 0.25) is 0 Å². The summed E-state index contributed by atoms with van der Waals surface area (Å²) in [6.07, 6.45) is 3.72. The van der Waals surface area contributed by atoms with Crippen LogP contribution in [-0.4, -0.2) is 18.2 Å². The fourth-order valence-electron chi connectivity index (χ4n) is 2.36. The molecule has 0 bridgehead atoms. The van der Waals surface area contributed by atoms with Gasteiger partial charge in [0.05, 0.1) is 13.1 Å². The molecule has 1 fully saturated rings. The van der Waals surface area contributed by atoms with Crippen LogP contribution in [-0.2, 0) is 0 Å². The molecule has 3 nitrogen and oxygen atoms in total. The molecule has 0 amide bonds. The Balaban J connectivity index is 2.15. The van der Waals surface area contributed by atoms with Gasteiger partial charge in [-0.3, -0.25) is 0 Å². The van der Waals surface area contributed by atoms with Gasteiger partial charge >= 0.3 is 0 Å². The Morgan fingerprint density at radius 3 is 2.31 bits per heavy atom. The summed E-state index contributed by atoms with van der Waals surface area (Å²) in [7, 11) is 0. The minimum atomic E-state index is -0.0825. The number of likely N-dealkylation sites (tertiary alicyclic amines) is 1. The van der Waals surface area contributed by atoms with Crippen LogP contribution in [0.3, 0.4) is 0 Å². The second-order valence-corrected chi connectivity index (χ2v) is 4.37. The molecule has 2 rings (SSSR count). The summed E-state index contributed by atoms with van der Waals surface area (Å²) in [6.45, 7) is 2.16. The zero-order valence-electron chi connectivity index (χ0n) is 9.32. The molecule has 0 saturated carbocycles. The summed E-state index contributed by atoms with van der Waals surface area (Å²) in [5, 5.41) is 18.5. The van der Waals surface area contributed by atoms with E-state index in [-0.39, 0.29) is 11.8 Å². The number of piperidine rings is 1. The molecule has 0 aromatic heterocycles. The van der Waals surface area contributed by atoms with Crippen molar-refractivity contribution in [2.45, 2.75) is 25.3 Å². The SMILES string of the molecule is N#CC(c1ccc(O)cc1)[NH+]1CCCCC1. The third kappa shape index (κ3) is 2.34. The second kappa shape index (κ2) is 5.00. The molecule has 1 aromatic rings. The number of phenols is 1. The number of hydrogen-bond donors (Lipinski definition) is 2. The molecule has 1 aromatic carbocycles. The number of rotatable bonds is 2. The van der Waals surface area contributed by atoms with Crippen LogP contribution in [0.25, 0.3) is 0 Å². The third-order valence-corrected chi connectivity index (χ3v) is 3.26. The molecule has 0 aliphatic carbocycles. The van der Waals surface area contributed by atoms with Gasteiger partial charge in [0, 0.05) is 5.56 Å². The molecule has 1 aliphatic heterocycles. The van der Waals surface area contributed by atoms with Crippen molar-refractivity contribution < 1.29 is 10.0 Å². The maximum absolute atomic E-state index is 9.27. The first-order valence-corrected chi connectivity index (χ1v) is 5.84. The van der Waals surface area contributed by atoms with Crippen LogP contribution in [0.4, 0.5) is 0 Å². The minimum Gasteiger partial charge on any atom is -0.508 e. The second-order valence-electron chi connectivity index (χ2n) is 4.37. The van der Waals surface area contributed by atoms with E-state index in [1.807, 2.05) is 12.1 Å². The maximum atomic E-state index is 9.27. The fraction of sp³-hybridized carbons (Fsp3) is 0.462. The lowest BCUT2D eigenvalue weighted by Crippen LogP contribution is -3.13. The summed E-state index contributed by atoms with van der Waals surface area (Å²) in [5.74, 6) is 0.258. The number of nitriles is 1. The van der Waals surface area contributed by atoms with Crippen molar-refractivity contribution in [1.82, 2.24) is 0 Å². The molecule has 1 saturated heterocycles. The van der Waals surface area contributed by atoms with E-state index in [1.54, 1.807) is 12.1 Å². The van der Waals surface area contributed by atoms with Crippen LogP contribution in [0.1, 0.15) is 30.9 Å². The molecule has 1 aliphatic rings. The normalized spacial score (nSPS) is 18.9. The van der Waals surface area contributed by atoms with E-state index in [1.165, 1.54) is 24.2 Å². The first-order valence-electron chi connectivity index (χ1n) is 5.84. The van der Waals surface area contributed by atoms with Crippen molar-refractivity contribution in [2.75, 3.05) is 13.1 Å². The minimum absolute atomic E-state index is 0.0825. The first kappa shape index (κ1) is 11.0. The number of nitrogens with zero attached hydrogens (tertiary/aromatic N) is 1. The topological polar surface area (TPSA) is 48.5 Å². The standard InChI is InChI=1S/C13H16N2O/c14-10-13(15-8-2-1-3-9-15)11-4-6-12(16)7-5-11/h4-7,13,16H,1-3,8-9H2/p+1. The van der Waals surface area contributed by atoms with E-state index >= 15 is 0 Å². The highest BCUT2D eigenvalue weighted by atomic mass is 16.3. The Hall–Kier alpha value is -1.53. The summed E-state index contributed by atoms with van der Waals surface area (Å²) >= 11 is 0. The smallest absolute Gasteiger partial charge is 0.200 e. The molecule has 2 N–H and O–H groups in total. The summed E-state index contributed by atoms with van der Waals surface area (Å²) in [4.78, 5) is 1.36. The van der Waals surface area contributed by atoms with Gasteiger partial charge in [-0.05, 0) is 43.5 Å². The molecule has 0 radical (unpaired) electrons. The molecule has 3 heteroatoms. The number of nitrogens with one attached hydrogen (secondary N) is 1. The van der Waals surface area contributed by atoms with Crippen LogP contribution >= 0.6 is 0 Å². The lowest BCUT2D eigenvalue weighted by molar-refractivity contribution is -0.927. The van der Waals surface area contributed by atoms with Crippen LogP contribution < -0.4 is 4.90 Å². The quantitative estimate of drug-likeness (QED) is 0.777. The lowest BCUT2D eigenvalue weighted by atomic mass is 10.0. The number of quaternary nitrogens is 1. The van der Waals surface area contributed by atoms with Crippen molar-refractivity contribution in [2.24, 2.45) is 0 Å². The van der Waals surface area contributed by atoms with Gasteiger partial charge in [0.25, 0.3) is 0 Å². The van der Waals surface area contributed by atoms with Crippen molar-refractivity contribution >= 4 is 0 Å². The van der Waals surface area contributed by atoms with Crippen molar-refractivity contribution in [3.05, 3.63) is 29.8 Å². The van der Waals surface area contributed by atoms with E-state index in [0.29, 0.717) is 0 Å². The Labute approximate surface area is 95.9 Å². The van der Waals surface area contributed by atoms with Gasteiger partial charge in [-0.2, -0.15) is 5.26 Å². The molecule has 84 valence electrons. The Morgan fingerprint density at radius 1 is 1.12 bits per heavy atom. The van der Waals surface area contributed by atoms with Gasteiger partial charge in [-0.15, -0.1) is 0 Å².